The zero-order chi connectivity index (χ0) is 15.4. The number of pyridine rings is 1. The normalized spacial score (nSPS) is 10.8. The van der Waals surface area contributed by atoms with Crippen molar-refractivity contribution >= 4 is 35.1 Å². The third kappa shape index (κ3) is 3.96. The SMILES string of the molecule is Cc1nc(C)c(C(=O)Nc2cccc(/C=C/C(=O)O)n2)s1. The molecule has 2 heterocycles. The predicted molar refractivity (Wildman–Crippen MR) is 80.4 cm³/mol. The smallest absolute Gasteiger partial charge is 0.328 e. The first-order valence-corrected chi connectivity index (χ1v) is 6.91. The van der Waals surface area contributed by atoms with E-state index < -0.39 is 5.97 Å². The highest BCUT2D eigenvalue weighted by Gasteiger charge is 2.14. The van der Waals surface area contributed by atoms with Crippen molar-refractivity contribution in [2.75, 3.05) is 5.32 Å². The molecule has 1 amide bonds. The molecule has 6 nitrogen and oxygen atoms in total. The first kappa shape index (κ1) is 14.9. The molecule has 7 heteroatoms. The molecule has 108 valence electrons. The van der Waals surface area contributed by atoms with E-state index in [0.717, 1.165) is 11.1 Å². The molecule has 0 spiro atoms. The van der Waals surface area contributed by atoms with E-state index in [0.29, 0.717) is 22.1 Å². The Labute approximate surface area is 125 Å². The average molecular weight is 303 g/mol. The molecule has 0 saturated carbocycles. The van der Waals surface area contributed by atoms with Gasteiger partial charge in [0.15, 0.2) is 0 Å². The minimum absolute atomic E-state index is 0.273. The average Bonchev–Trinajstić information content (AvgIpc) is 2.76. The number of rotatable bonds is 4. The monoisotopic (exact) mass is 303 g/mol. The lowest BCUT2D eigenvalue weighted by Gasteiger charge is -2.04. The van der Waals surface area contributed by atoms with Gasteiger partial charge in [-0.05, 0) is 32.1 Å². The molecular formula is C14H13N3O3S. The topological polar surface area (TPSA) is 92.2 Å². The Balaban J connectivity index is 2.16. The molecular weight excluding hydrogens is 290 g/mol. The van der Waals surface area contributed by atoms with Gasteiger partial charge >= 0.3 is 5.97 Å². The summed E-state index contributed by atoms with van der Waals surface area (Å²) in [6, 6.07) is 4.98. The number of thiazole rings is 1. The van der Waals surface area contributed by atoms with Crippen LogP contribution < -0.4 is 5.32 Å². The first-order valence-electron chi connectivity index (χ1n) is 6.09. The van der Waals surface area contributed by atoms with Crippen LogP contribution in [-0.2, 0) is 4.79 Å². The van der Waals surface area contributed by atoms with E-state index in [2.05, 4.69) is 15.3 Å². The molecule has 0 saturated heterocycles. The zero-order valence-corrected chi connectivity index (χ0v) is 12.3. The van der Waals surface area contributed by atoms with Crippen LogP contribution in [-0.4, -0.2) is 27.0 Å². The van der Waals surface area contributed by atoms with E-state index in [-0.39, 0.29) is 5.91 Å². The van der Waals surface area contributed by atoms with E-state index in [9.17, 15) is 9.59 Å². The van der Waals surface area contributed by atoms with Crippen LogP contribution in [0, 0.1) is 13.8 Å². The molecule has 0 bridgehead atoms. The highest BCUT2D eigenvalue weighted by molar-refractivity contribution is 7.13. The fourth-order valence-electron chi connectivity index (χ4n) is 1.69. The second-order valence-corrected chi connectivity index (χ2v) is 5.42. The van der Waals surface area contributed by atoms with E-state index in [1.165, 1.54) is 17.4 Å². The van der Waals surface area contributed by atoms with Gasteiger partial charge < -0.3 is 10.4 Å². The minimum Gasteiger partial charge on any atom is -0.478 e. The molecule has 0 aliphatic carbocycles. The molecule has 0 atom stereocenters. The molecule has 0 unspecified atom stereocenters. The van der Waals surface area contributed by atoms with Crippen LogP contribution in [0.3, 0.4) is 0 Å². The maximum atomic E-state index is 12.1. The molecule has 2 N–H and O–H groups in total. The van der Waals surface area contributed by atoms with Crippen molar-refractivity contribution in [1.29, 1.82) is 0 Å². The number of aromatic nitrogens is 2. The number of amides is 1. The second-order valence-electron chi connectivity index (χ2n) is 4.22. The van der Waals surface area contributed by atoms with E-state index >= 15 is 0 Å². The lowest BCUT2D eigenvalue weighted by molar-refractivity contribution is -0.131. The van der Waals surface area contributed by atoms with Crippen LogP contribution in [0.2, 0.25) is 0 Å². The van der Waals surface area contributed by atoms with Crippen molar-refractivity contribution in [3.63, 3.8) is 0 Å². The van der Waals surface area contributed by atoms with Gasteiger partial charge in [-0.1, -0.05) is 6.07 Å². The van der Waals surface area contributed by atoms with Gasteiger partial charge in [0.25, 0.3) is 5.91 Å². The molecule has 0 radical (unpaired) electrons. The Morgan fingerprint density at radius 1 is 1.29 bits per heavy atom. The first-order chi connectivity index (χ1) is 9.95. The quantitative estimate of drug-likeness (QED) is 0.847. The molecule has 2 aromatic heterocycles. The van der Waals surface area contributed by atoms with Crippen LogP contribution >= 0.6 is 11.3 Å². The Morgan fingerprint density at radius 3 is 2.67 bits per heavy atom. The summed E-state index contributed by atoms with van der Waals surface area (Å²) in [5.74, 6) is -0.968. The third-order valence-electron chi connectivity index (χ3n) is 2.52. The summed E-state index contributed by atoms with van der Waals surface area (Å²) in [6.07, 6.45) is 2.35. The number of nitrogens with zero attached hydrogens (tertiary/aromatic N) is 2. The number of nitrogens with one attached hydrogen (secondary N) is 1. The number of hydrogen-bond acceptors (Lipinski definition) is 5. The summed E-state index contributed by atoms with van der Waals surface area (Å²) in [5, 5.41) is 12.1. The van der Waals surface area contributed by atoms with Crippen LogP contribution in [0.5, 0.6) is 0 Å². The Hall–Kier alpha value is -2.54. The summed E-state index contributed by atoms with van der Waals surface area (Å²) < 4.78 is 0. The molecule has 2 rings (SSSR count). The number of carboxylic acid groups (broad SMARTS) is 1. The largest absolute Gasteiger partial charge is 0.478 e. The number of carboxylic acids is 1. The lowest BCUT2D eigenvalue weighted by Crippen LogP contribution is -2.12. The van der Waals surface area contributed by atoms with Crippen molar-refractivity contribution in [3.05, 3.63) is 45.5 Å². The number of anilines is 1. The van der Waals surface area contributed by atoms with Gasteiger partial charge in [0.2, 0.25) is 0 Å². The Bertz CT molecular complexity index is 722. The fourth-order valence-corrected chi connectivity index (χ4v) is 2.50. The van der Waals surface area contributed by atoms with E-state index in [1.54, 1.807) is 25.1 Å². The summed E-state index contributed by atoms with van der Waals surface area (Å²) >= 11 is 1.32. The van der Waals surface area contributed by atoms with E-state index in [4.69, 9.17) is 5.11 Å². The van der Waals surface area contributed by atoms with Crippen molar-refractivity contribution in [2.45, 2.75) is 13.8 Å². The van der Waals surface area contributed by atoms with Crippen molar-refractivity contribution in [2.24, 2.45) is 0 Å². The number of hydrogen-bond donors (Lipinski definition) is 2. The molecule has 21 heavy (non-hydrogen) atoms. The fraction of sp³-hybridized carbons (Fsp3) is 0.143. The van der Waals surface area contributed by atoms with Crippen molar-refractivity contribution < 1.29 is 14.7 Å². The van der Waals surface area contributed by atoms with Crippen molar-refractivity contribution in [3.8, 4) is 0 Å². The number of aryl methyl sites for hydroxylation is 2. The highest BCUT2D eigenvalue weighted by atomic mass is 32.1. The number of aliphatic carboxylic acids is 1. The minimum atomic E-state index is -1.05. The molecule has 0 aliphatic rings. The van der Waals surface area contributed by atoms with Gasteiger partial charge in [-0.2, -0.15) is 0 Å². The zero-order valence-electron chi connectivity index (χ0n) is 11.5. The molecule has 0 fully saturated rings. The molecule has 0 aromatic carbocycles. The van der Waals surface area contributed by atoms with Gasteiger partial charge in [0.05, 0.1) is 16.4 Å². The second kappa shape index (κ2) is 6.27. The van der Waals surface area contributed by atoms with Crippen LogP contribution in [0.25, 0.3) is 6.08 Å². The molecule has 2 aromatic rings. The van der Waals surface area contributed by atoms with Crippen molar-refractivity contribution in [1.82, 2.24) is 9.97 Å². The maximum Gasteiger partial charge on any atom is 0.328 e. The highest BCUT2D eigenvalue weighted by Crippen LogP contribution is 2.18. The lowest BCUT2D eigenvalue weighted by atomic mass is 10.3. The van der Waals surface area contributed by atoms with Gasteiger partial charge in [-0.3, -0.25) is 4.79 Å². The number of carbonyl (C=O) groups is 2. The summed E-state index contributed by atoms with van der Waals surface area (Å²) in [7, 11) is 0. The van der Waals surface area contributed by atoms with Gasteiger partial charge in [0, 0.05) is 6.08 Å². The Kier molecular flexibility index (Phi) is 4.44. The predicted octanol–water partition coefficient (Wildman–Crippen LogP) is 2.51. The van der Waals surface area contributed by atoms with Crippen LogP contribution in [0.15, 0.2) is 24.3 Å². The summed E-state index contributed by atoms with van der Waals surface area (Å²) in [6.45, 7) is 3.61. The van der Waals surface area contributed by atoms with Gasteiger partial charge in [-0.25, -0.2) is 14.8 Å². The van der Waals surface area contributed by atoms with Crippen LogP contribution in [0.1, 0.15) is 26.1 Å². The van der Waals surface area contributed by atoms with Gasteiger partial charge in [-0.15, -0.1) is 11.3 Å². The molecule has 0 aliphatic heterocycles. The standard InChI is InChI=1S/C14H13N3O3S/c1-8-13(21-9(2)15-8)14(20)17-11-5-3-4-10(16-11)6-7-12(18)19/h3-7H,1-2H3,(H,18,19)(H,16,17,20)/b7-6+. The Morgan fingerprint density at radius 2 is 2.05 bits per heavy atom. The summed E-state index contributed by atoms with van der Waals surface area (Å²) in [4.78, 5) is 31.5. The number of carbonyl (C=O) groups excluding carboxylic acids is 1. The third-order valence-corrected chi connectivity index (χ3v) is 3.59. The van der Waals surface area contributed by atoms with E-state index in [1.807, 2.05) is 6.92 Å². The maximum absolute atomic E-state index is 12.1. The van der Waals surface area contributed by atoms with Crippen LogP contribution in [0.4, 0.5) is 5.82 Å². The summed E-state index contributed by atoms with van der Waals surface area (Å²) in [5.41, 5.74) is 1.13. The van der Waals surface area contributed by atoms with Gasteiger partial charge in [0.1, 0.15) is 10.7 Å².